The standard InChI is InChI=1S/C22H24N6O2/c1-15-24-20(27-26-15)17-7-5-9-19(13-17)25-22(30)23-14-16-6-4-8-18(12-16)21(29)28-10-2-3-11-28/h4-9,12-13H,2-3,10-11,14H2,1H3,(H2,23,25,30)(H,24,26,27). The van der Waals surface area contributed by atoms with E-state index in [1.165, 1.54) is 0 Å². The van der Waals surface area contributed by atoms with Gasteiger partial charge in [-0.1, -0.05) is 24.3 Å². The number of nitrogens with one attached hydrogen (secondary N) is 3. The van der Waals surface area contributed by atoms with Crippen molar-refractivity contribution in [2.24, 2.45) is 0 Å². The van der Waals surface area contributed by atoms with Crippen LogP contribution in [0.15, 0.2) is 48.5 Å². The summed E-state index contributed by atoms with van der Waals surface area (Å²) in [5.41, 5.74) is 2.99. The smallest absolute Gasteiger partial charge is 0.319 e. The predicted octanol–water partition coefficient (Wildman–Crippen LogP) is 3.34. The van der Waals surface area contributed by atoms with E-state index in [0.717, 1.165) is 42.9 Å². The van der Waals surface area contributed by atoms with Crippen molar-refractivity contribution in [3.05, 3.63) is 65.5 Å². The second-order valence-corrected chi connectivity index (χ2v) is 7.33. The van der Waals surface area contributed by atoms with Gasteiger partial charge in [-0.2, -0.15) is 5.10 Å². The highest BCUT2D eigenvalue weighted by molar-refractivity contribution is 5.94. The van der Waals surface area contributed by atoms with Gasteiger partial charge in [0.05, 0.1) is 0 Å². The van der Waals surface area contributed by atoms with Gasteiger partial charge in [0, 0.05) is 36.4 Å². The Morgan fingerprint density at radius 1 is 1.10 bits per heavy atom. The van der Waals surface area contributed by atoms with E-state index in [0.29, 0.717) is 23.6 Å². The first-order chi connectivity index (χ1) is 14.6. The Morgan fingerprint density at radius 3 is 2.67 bits per heavy atom. The summed E-state index contributed by atoms with van der Waals surface area (Å²) in [6, 6.07) is 14.4. The lowest BCUT2D eigenvalue weighted by Crippen LogP contribution is -2.29. The minimum Gasteiger partial charge on any atom is -0.339 e. The molecule has 3 aromatic rings. The molecule has 1 fully saturated rings. The normalized spacial score (nSPS) is 13.3. The van der Waals surface area contributed by atoms with Crippen molar-refractivity contribution >= 4 is 17.6 Å². The number of hydrogen-bond acceptors (Lipinski definition) is 4. The average Bonchev–Trinajstić information content (AvgIpc) is 3.44. The van der Waals surface area contributed by atoms with Crippen LogP contribution in [0.25, 0.3) is 11.4 Å². The third-order valence-electron chi connectivity index (χ3n) is 5.00. The second-order valence-electron chi connectivity index (χ2n) is 7.33. The number of carbonyl (C=O) groups is 2. The number of aromatic nitrogens is 3. The van der Waals surface area contributed by atoms with Crippen LogP contribution in [0.4, 0.5) is 10.5 Å². The highest BCUT2D eigenvalue weighted by atomic mass is 16.2. The van der Waals surface area contributed by atoms with Crippen LogP contribution in [0.3, 0.4) is 0 Å². The number of nitrogens with zero attached hydrogens (tertiary/aromatic N) is 3. The van der Waals surface area contributed by atoms with Gasteiger partial charge in [0.1, 0.15) is 5.82 Å². The number of hydrogen-bond donors (Lipinski definition) is 3. The van der Waals surface area contributed by atoms with E-state index in [9.17, 15) is 9.59 Å². The van der Waals surface area contributed by atoms with E-state index in [4.69, 9.17) is 0 Å². The van der Waals surface area contributed by atoms with Gasteiger partial charge in [-0.25, -0.2) is 9.78 Å². The van der Waals surface area contributed by atoms with Crippen molar-refractivity contribution in [3.63, 3.8) is 0 Å². The van der Waals surface area contributed by atoms with E-state index < -0.39 is 0 Å². The van der Waals surface area contributed by atoms with Crippen molar-refractivity contribution in [2.45, 2.75) is 26.3 Å². The molecule has 0 unspecified atom stereocenters. The Morgan fingerprint density at radius 2 is 1.90 bits per heavy atom. The number of aryl methyl sites for hydroxylation is 1. The topological polar surface area (TPSA) is 103 Å². The van der Waals surface area contributed by atoms with Gasteiger partial charge < -0.3 is 15.5 Å². The summed E-state index contributed by atoms with van der Waals surface area (Å²) in [6.07, 6.45) is 2.12. The molecular weight excluding hydrogens is 380 g/mol. The predicted molar refractivity (Wildman–Crippen MR) is 114 cm³/mol. The molecule has 3 N–H and O–H groups in total. The molecule has 3 amide bonds. The largest absolute Gasteiger partial charge is 0.339 e. The van der Waals surface area contributed by atoms with Crippen LogP contribution in [0.1, 0.15) is 34.6 Å². The monoisotopic (exact) mass is 404 g/mol. The Hall–Kier alpha value is -3.68. The molecule has 8 nitrogen and oxygen atoms in total. The fourth-order valence-electron chi connectivity index (χ4n) is 3.48. The van der Waals surface area contributed by atoms with Gasteiger partial charge >= 0.3 is 6.03 Å². The van der Waals surface area contributed by atoms with E-state index in [2.05, 4.69) is 25.8 Å². The molecule has 8 heteroatoms. The first-order valence-corrected chi connectivity index (χ1v) is 10.0. The summed E-state index contributed by atoms with van der Waals surface area (Å²) in [6.45, 7) is 3.79. The van der Waals surface area contributed by atoms with Crippen molar-refractivity contribution in [1.29, 1.82) is 0 Å². The lowest BCUT2D eigenvalue weighted by molar-refractivity contribution is 0.0792. The fraction of sp³-hybridized carbons (Fsp3) is 0.273. The molecule has 1 saturated heterocycles. The number of likely N-dealkylation sites (tertiary alicyclic amines) is 1. The molecule has 4 rings (SSSR count). The molecule has 0 aliphatic carbocycles. The first-order valence-electron chi connectivity index (χ1n) is 10.0. The zero-order valence-corrected chi connectivity index (χ0v) is 16.8. The van der Waals surface area contributed by atoms with Gasteiger partial charge in [-0.3, -0.25) is 9.89 Å². The maximum absolute atomic E-state index is 12.5. The van der Waals surface area contributed by atoms with Gasteiger partial charge in [-0.15, -0.1) is 0 Å². The summed E-state index contributed by atoms with van der Waals surface area (Å²) in [5.74, 6) is 1.36. The molecule has 2 aromatic carbocycles. The molecule has 0 atom stereocenters. The maximum Gasteiger partial charge on any atom is 0.319 e. The van der Waals surface area contributed by atoms with Crippen LogP contribution < -0.4 is 10.6 Å². The van der Waals surface area contributed by atoms with Crippen LogP contribution in [0.2, 0.25) is 0 Å². The molecule has 1 aromatic heterocycles. The van der Waals surface area contributed by atoms with E-state index in [1.807, 2.05) is 54.3 Å². The number of urea groups is 1. The molecule has 0 radical (unpaired) electrons. The minimum absolute atomic E-state index is 0.0535. The Kier molecular flexibility index (Phi) is 5.74. The van der Waals surface area contributed by atoms with Crippen LogP contribution in [-0.2, 0) is 6.54 Å². The van der Waals surface area contributed by atoms with Crippen molar-refractivity contribution < 1.29 is 9.59 Å². The fourth-order valence-corrected chi connectivity index (χ4v) is 3.48. The molecule has 0 bridgehead atoms. The maximum atomic E-state index is 12.5. The summed E-state index contributed by atoms with van der Waals surface area (Å²) in [7, 11) is 0. The van der Waals surface area contributed by atoms with Crippen LogP contribution >= 0.6 is 0 Å². The minimum atomic E-state index is -0.324. The summed E-state index contributed by atoms with van der Waals surface area (Å²) < 4.78 is 0. The highest BCUT2D eigenvalue weighted by Gasteiger charge is 2.19. The molecular formula is C22H24N6O2. The molecule has 1 aliphatic rings. The van der Waals surface area contributed by atoms with Crippen molar-refractivity contribution in [1.82, 2.24) is 25.4 Å². The van der Waals surface area contributed by atoms with E-state index >= 15 is 0 Å². The van der Waals surface area contributed by atoms with Crippen LogP contribution in [-0.4, -0.2) is 45.1 Å². The average molecular weight is 404 g/mol. The number of benzene rings is 2. The van der Waals surface area contributed by atoms with Crippen molar-refractivity contribution in [2.75, 3.05) is 18.4 Å². The molecule has 2 heterocycles. The first kappa shape index (κ1) is 19.6. The number of H-pyrrole nitrogens is 1. The molecule has 1 aliphatic heterocycles. The van der Waals surface area contributed by atoms with Gasteiger partial charge in [0.15, 0.2) is 5.82 Å². The highest BCUT2D eigenvalue weighted by Crippen LogP contribution is 2.19. The quantitative estimate of drug-likeness (QED) is 0.607. The third kappa shape index (κ3) is 4.65. The second kappa shape index (κ2) is 8.77. The molecule has 30 heavy (non-hydrogen) atoms. The SMILES string of the molecule is Cc1nc(-c2cccc(NC(=O)NCc3cccc(C(=O)N4CCCC4)c3)c2)n[nH]1. The van der Waals surface area contributed by atoms with Crippen LogP contribution in [0, 0.1) is 6.92 Å². The molecule has 0 spiro atoms. The van der Waals surface area contributed by atoms with Gasteiger partial charge in [-0.05, 0) is 49.6 Å². The number of carbonyl (C=O) groups excluding carboxylic acids is 2. The summed E-state index contributed by atoms with van der Waals surface area (Å²) in [4.78, 5) is 31.1. The Balaban J connectivity index is 1.35. The summed E-state index contributed by atoms with van der Waals surface area (Å²) in [5, 5.41) is 12.6. The van der Waals surface area contributed by atoms with E-state index in [1.54, 1.807) is 6.07 Å². The van der Waals surface area contributed by atoms with Crippen molar-refractivity contribution in [3.8, 4) is 11.4 Å². The number of aromatic amines is 1. The van der Waals surface area contributed by atoms with Gasteiger partial charge in [0.2, 0.25) is 0 Å². The Labute approximate surface area is 174 Å². The molecule has 0 saturated carbocycles. The Bertz CT molecular complexity index is 1060. The number of anilines is 1. The zero-order chi connectivity index (χ0) is 20.9. The zero-order valence-electron chi connectivity index (χ0n) is 16.8. The number of amides is 3. The third-order valence-corrected chi connectivity index (χ3v) is 5.00. The van der Waals surface area contributed by atoms with E-state index in [-0.39, 0.29) is 11.9 Å². The molecule has 154 valence electrons. The summed E-state index contributed by atoms with van der Waals surface area (Å²) >= 11 is 0. The van der Waals surface area contributed by atoms with Crippen LogP contribution in [0.5, 0.6) is 0 Å². The van der Waals surface area contributed by atoms with Gasteiger partial charge in [0.25, 0.3) is 5.91 Å². The lowest BCUT2D eigenvalue weighted by atomic mass is 10.1. The lowest BCUT2D eigenvalue weighted by Gasteiger charge is -2.15. The number of rotatable bonds is 5.